The first-order valence-electron chi connectivity index (χ1n) is 13.9. The third kappa shape index (κ3) is 3.46. The SMILES string of the molecule is CC1(C)c2ccccc2-c2c(ccc3ccc4cc(N(c5ccccc5)c5ccccc5)ccc4c23)C1(C)C. The summed E-state index contributed by atoms with van der Waals surface area (Å²) in [5.41, 5.74) is 9.11. The molecule has 0 heterocycles. The summed E-state index contributed by atoms with van der Waals surface area (Å²) in [7, 11) is 0. The molecule has 6 aromatic carbocycles. The summed E-state index contributed by atoms with van der Waals surface area (Å²) in [6.45, 7) is 9.62. The highest BCUT2D eigenvalue weighted by atomic mass is 15.1. The molecule has 0 radical (unpaired) electrons. The van der Waals surface area contributed by atoms with Crippen LogP contribution >= 0.6 is 0 Å². The van der Waals surface area contributed by atoms with Crippen LogP contribution in [0.1, 0.15) is 38.8 Å². The third-order valence-corrected chi connectivity index (χ3v) is 9.38. The van der Waals surface area contributed by atoms with Crippen molar-refractivity contribution in [2.24, 2.45) is 0 Å². The zero-order valence-corrected chi connectivity index (χ0v) is 23.1. The smallest absolute Gasteiger partial charge is 0.0468 e. The van der Waals surface area contributed by atoms with Crippen LogP contribution in [0.3, 0.4) is 0 Å². The topological polar surface area (TPSA) is 3.24 Å². The minimum atomic E-state index is -0.00952. The van der Waals surface area contributed by atoms with Gasteiger partial charge in [0.05, 0.1) is 0 Å². The lowest BCUT2D eigenvalue weighted by molar-refractivity contribution is 0.299. The highest BCUT2D eigenvalue weighted by Crippen LogP contribution is 2.56. The molecule has 190 valence electrons. The monoisotopic (exact) mass is 503 g/mol. The van der Waals surface area contributed by atoms with Crippen molar-refractivity contribution in [1.29, 1.82) is 0 Å². The van der Waals surface area contributed by atoms with Crippen molar-refractivity contribution in [2.45, 2.75) is 38.5 Å². The molecule has 0 aliphatic heterocycles. The Bertz CT molecular complexity index is 1810. The standard InChI is InChI=1S/C38H33N/c1-37(2)33-18-12-11-17-32(33)36-34(38(37,3)4)24-21-26-19-20-27-25-30(22-23-31(27)35(26)36)39(28-13-7-5-8-14-28)29-15-9-6-10-16-29/h5-25H,1-4H3. The molecule has 1 aliphatic rings. The van der Waals surface area contributed by atoms with Crippen LogP contribution in [0.15, 0.2) is 127 Å². The van der Waals surface area contributed by atoms with Gasteiger partial charge >= 0.3 is 0 Å². The van der Waals surface area contributed by atoms with Crippen LogP contribution in [0.25, 0.3) is 32.7 Å². The number of hydrogen-bond donors (Lipinski definition) is 0. The summed E-state index contributed by atoms with van der Waals surface area (Å²) >= 11 is 0. The van der Waals surface area contributed by atoms with E-state index in [0.717, 1.165) is 17.1 Å². The van der Waals surface area contributed by atoms with Crippen LogP contribution in [0.5, 0.6) is 0 Å². The lowest BCUT2D eigenvalue weighted by Gasteiger charge is -2.48. The zero-order valence-electron chi connectivity index (χ0n) is 23.1. The van der Waals surface area contributed by atoms with Crippen molar-refractivity contribution in [1.82, 2.24) is 0 Å². The van der Waals surface area contributed by atoms with Crippen molar-refractivity contribution in [2.75, 3.05) is 4.90 Å². The van der Waals surface area contributed by atoms with Crippen LogP contribution < -0.4 is 4.90 Å². The van der Waals surface area contributed by atoms with Gasteiger partial charge in [-0.05, 0) is 91.0 Å². The molecule has 6 aromatic rings. The molecule has 0 N–H and O–H groups in total. The second-order valence-corrected chi connectivity index (χ2v) is 11.9. The van der Waals surface area contributed by atoms with E-state index in [2.05, 4.69) is 160 Å². The van der Waals surface area contributed by atoms with Crippen LogP contribution in [0.4, 0.5) is 17.1 Å². The Kier molecular flexibility index (Phi) is 5.22. The van der Waals surface area contributed by atoms with E-state index in [1.54, 1.807) is 0 Å². The maximum absolute atomic E-state index is 2.41. The maximum Gasteiger partial charge on any atom is 0.0468 e. The second-order valence-electron chi connectivity index (χ2n) is 11.9. The molecule has 0 amide bonds. The van der Waals surface area contributed by atoms with Gasteiger partial charge < -0.3 is 4.90 Å². The summed E-state index contributed by atoms with van der Waals surface area (Å²) in [6.07, 6.45) is 0. The average molecular weight is 504 g/mol. The molecule has 0 bridgehead atoms. The molecule has 1 aliphatic carbocycles. The van der Waals surface area contributed by atoms with Gasteiger partial charge in [0.1, 0.15) is 0 Å². The molecule has 0 spiro atoms. The van der Waals surface area contributed by atoms with Gasteiger partial charge in [-0.15, -0.1) is 0 Å². The second kappa shape index (κ2) is 8.58. The Hall–Kier alpha value is -4.36. The molecule has 7 rings (SSSR count). The minimum Gasteiger partial charge on any atom is -0.310 e. The predicted octanol–water partition coefficient (Wildman–Crippen LogP) is 10.7. The van der Waals surface area contributed by atoms with Gasteiger partial charge in [-0.2, -0.15) is 0 Å². The molecule has 1 nitrogen and oxygen atoms in total. The Labute approximate surface area is 231 Å². The lowest BCUT2D eigenvalue weighted by Crippen LogP contribution is -2.43. The fourth-order valence-electron chi connectivity index (χ4n) is 6.60. The number of anilines is 3. The van der Waals surface area contributed by atoms with Crippen LogP contribution in [0.2, 0.25) is 0 Å². The summed E-state index contributed by atoms with van der Waals surface area (Å²) in [5.74, 6) is 0. The third-order valence-electron chi connectivity index (χ3n) is 9.38. The first kappa shape index (κ1) is 23.7. The van der Waals surface area contributed by atoms with E-state index in [0.29, 0.717) is 0 Å². The summed E-state index contributed by atoms with van der Waals surface area (Å²) < 4.78 is 0. The molecule has 0 fully saturated rings. The normalized spacial score (nSPS) is 15.1. The number of nitrogens with zero attached hydrogens (tertiary/aromatic N) is 1. The number of hydrogen-bond acceptors (Lipinski definition) is 1. The van der Waals surface area contributed by atoms with E-state index in [9.17, 15) is 0 Å². The Morgan fingerprint density at radius 2 is 1.03 bits per heavy atom. The minimum absolute atomic E-state index is 0.00952. The van der Waals surface area contributed by atoms with Gasteiger partial charge in [0.2, 0.25) is 0 Å². The molecule has 39 heavy (non-hydrogen) atoms. The summed E-state index contributed by atoms with van der Waals surface area (Å²) in [4.78, 5) is 2.34. The van der Waals surface area contributed by atoms with Crippen molar-refractivity contribution >= 4 is 38.6 Å². The summed E-state index contributed by atoms with van der Waals surface area (Å²) in [5, 5.41) is 5.21. The fraction of sp³-hybridized carbons (Fsp3) is 0.158. The van der Waals surface area contributed by atoms with Crippen LogP contribution in [0, 0.1) is 0 Å². The van der Waals surface area contributed by atoms with Gasteiger partial charge in [-0.25, -0.2) is 0 Å². The first-order valence-corrected chi connectivity index (χ1v) is 13.9. The van der Waals surface area contributed by atoms with E-state index in [1.165, 1.54) is 43.8 Å². The zero-order chi connectivity index (χ0) is 26.8. The maximum atomic E-state index is 2.41. The first-order chi connectivity index (χ1) is 18.9. The van der Waals surface area contributed by atoms with E-state index < -0.39 is 0 Å². The van der Waals surface area contributed by atoms with Gasteiger partial charge in [-0.3, -0.25) is 0 Å². The molecule has 0 unspecified atom stereocenters. The molecular weight excluding hydrogens is 470 g/mol. The van der Waals surface area contributed by atoms with Gasteiger partial charge in [-0.1, -0.05) is 119 Å². The Morgan fingerprint density at radius 1 is 0.462 bits per heavy atom. The van der Waals surface area contributed by atoms with Crippen LogP contribution in [-0.2, 0) is 10.8 Å². The van der Waals surface area contributed by atoms with E-state index in [1.807, 2.05) is 0 Å². The fourth-order valence-corrected chi connectivity index (χ4v) is 6.60. The molecule has 1 heteroatoms. The lowest BCUT2D eigenvalue weighted by atomic mass is 9.55. The van der Waals surface area contributed by atoms with E-state index in [-0.39, 0.29) is 10.8 Å². The Morgan fingerprint density at radius 3 is 1.72 bits per heavy atom. The van der Waals surface area contributed by atoms with E-state index >= 15 is 0 Å². The van der Waals surface area contributed by atoms with Crippen LogP contribution in [-0.4, -0.2) is 0 Å². The highest BCUT2D eigenvalue weighted by Gasteiger charge is 2.46. The largest absolute Gasteiger partial charge is 0.310 e. The number of rotatable bonds is 3. The van der Waals surface area contributed by atoms with Gasteiger partial charge in [0.15, 0.2) is 0 Å². The quantitative estimate of drug-likeness (QED) is 0.217. The van der Waals surface area contributed by atoms with Gasteiger partial charge in [0.25, 0.3) is 0 Å². The van der Waals surface area contributed by atoms with Crippen molar-refractivity contribution in [3.8, 4) is 11.1 Å². The molecule has 0 saturated carbocycles. The molecule has 0 atom stereocenters. The number of benzene rings is 6. The van der Waals surface area contributed by atoms with Crippen molar-refractivity contribution < 1.29 is 0 Å². The molecule has 0 saturated heterocycles. The molecular formula is C38H33N. The Balaban J connectivity index is 1.51. The van der Waals surface area contributed by atoms with E-state index in [4.69, 9.17) is 0 Å². The summed E-state index contributed by atoms with van der Waals surface area (Å²) in [6, 6.07) is 46.6. The average Bonchev–Trinajstić information content (AvgIpc) is 2.97. The molecule has 0 aromatic heterocycles. The van der Waals surface area contributed by atoms with Crippen molar-refractivity contribution in [3.05, 3.63) is 139 Å². The highest BCUT2D eigenvalue weighted by molar-refractivity contribution is 6.16. The number of para-hydroxylation sites is 2. The van der Waals surface area contributed by atoms with Gasteiger partial charge in [0, 0.05) is 17.1 Å². The number of fused-ring (bicyclic) bond motifs is 7. The van der Waals surface area contributed by atoms with Crippen molar-refractivity contribution in [3.63, 3.8) is 0 Å². The predicted molar refractivity (Wildman–Crippen MR) is 168 cm³/mol.